The van der Waals surface area contributed by atoms with Crippen molar-refractivity contribution in [3.63, 3.8) is 0 Å². The van der Waals surface area contributed by atoms with Gasteiger partial charge in [0.15, 0.2) is 0 Å². The van der Waals surface area contributed by atoms with Crippen LogP contribution in [-0.2, 0) is 15.9 Å². The summed E-state index contributed by atoms with van der Waals surface area (Å²) in [6.07, 6.45) is 0.770. The van der Waals surface area contributed by atoms with Crippen LogP contribution in [0.15, 0.2) is 48.5 Å². The molecule has 4 heteroatoms. The van der Waals surface area contributed by atoms with Gasteiger partial charge >= 0.3 is 0 Å². The molecule has 142 valence electrons. The van der Waals surface area contributed by atoms with E-state index >= 15 is 0 Å². The fourth-order valence-corrected chi connectivity index (χ4v) is 4.46. The molecule has 0 radical (unpaired) electrons. The number of fused-ring (bicyclic) bond motifs is 1. The van der Waals surface area contributed by atoms with Crippen LogP contribution in [-0.4, -0.2) is 50.8 Å². The first-order valence-electron chi connectivity index (χ1n) is 9.61. The molecule has 2 aromatic carbocycles. The van der Waals surface area contributed by atoms with Crippen molar-refractivity contribution in [3.8, 4) is 0 Å². The Morgan fingerprint density at radius 2 is 2.00 bits per heavy atom. The van der Waals surface area contributed by atoms with E-state index in [-0.39, 0.29) is 11.3 Å². The molecule has 2 aliphatic rings. The lowest BCUT2D eigenvalue weighted by Gasteiger charge is -2.26. The molecule has 0 aromatic heterocycles. The molecule has 2 heterocycles. The highest BCUT2D eigenvalue weighted by atomic mass is 16.5. The lowest BCUT2D eigenvalue weighted by molar-refractivity contribution is 0.0488. The predicted octanol–water partition coefficient (Wildman–Crippen LogP) is 3.32. The van der Waals surface area contributed by atoms with Gasteiger partial charge in [0, 0.05) is 37.1 Å². The van der Waals surface area contributed by atoms with Gasteiger partial charge in [-0.1, -0.05) is 48.0 Å². The van der Waals surface area contributed by atoms with E-state index in [2.05, 4.69) is 37.3 Å². The number of likely N-dealkylation sites (tertiary alicyclic amines) is 1. The zero-order chi connectivity index (χ0) is 18.9. The fourth-order valence-electron chi connectivity index (χ4n) is 4.46. The molecule has 1 amide bonds. The molecule has 0 aliphatic carbocycles. The SMILES string of the molecule is COC[C@@]12COC[C@@H]1CN(C(=O)c1ccccc1Cc1ccc(C)cc1)C2. The first-order valence-corrected chi connectivity index (χ1v) is 9.61. The Kier molecular flexibility index (Phi) is 5.02. The maximum absolute atomic E-state index is 13.3. The average molecular weight is 365 g/mol. The molecule has 2 aliphatic heterocycles. The molecule has 4 nitrogen and oxygen atoms in total. The molecule has 2 atom stereocenters. The third-order valence-corrected chi connectivity index (χ3v) is 6.00. The first-order chi connectivity index (χ1) is 13.1. The topological polar surface area (TPSA) is 38.8 Å². The molecule has 2 aromatic rings. The van der Waals surface area contributed by atoms with Gasteiger partial charge in [-0.3, -0.25) is 4.79 Å². The number of aryl methyl sites for hydroxylation is 1. The van der Waals surface area contributed by atoms with Crippen molar-refractivity contribution in [1.29, 1.82) is 0 Å². The number of amides is 1. The highest BCUT2D eigenvalue weighted by Gasteiger charge is 2.52. The number of benzene rings is 2. The van der Waals surface area contributed by atoms with E-state index in [4.69, 9.17) is 9.47 Å². The predicted molar refractivity (Wildman–Crippen MR) is 105 cm³/mol. The molecule has 27 heavy (non-hydrogen) atoms. The van der Waals surface area contributed by atoms with Crippen molar-refractivity contribution < 1.29 is 14.3 Å². The van der Waals surface area contributed by atoms with E-state index in [1.165, 1.54) is 11.1 Å². The van der Waals surface area contributed by atoms with Crippen LogP contribution in [0.4, 0.5) is 0 Å². The Balaban J connectivity index is 1.55. The Bertz CT molecular complexity index is 817. The minimum atomic E-state index is -0.0453. The number of carbonyl (C=O) groups excluding carboxylic acids is 1. The van der Waals surface area contributed by atoms with E-state index in [0.717, 1.165) is 30.7 Å². The van der Waals surface area contributed by atoms with E-state index in [1.54, 1.807) is 7.11 Å². The van der Waals surface area contributed by atoms with Gasteiger partial charge in [0.25, 0.3) is 5.91 Å². The van der Waals surface area contributed by atoms with Gasteiger partial charge in [-0.25, -0.2) is 0 Å². The Hall–Kier alpha value is -2.17. The summed E-state index contributed by atoms with van der Waals surface area (Å²) in [5.41, 5.74) is 4.32. The first kappa shape index (κ1) is 18.2. The maximum atomic E-state index is 13.3. The van der Waals surface area contributed by atoms with Gasteiger partial charge in [-0.2, -0.15) is 0 Å². The van der Waals surface area contributed by atoms with Gasteiger partial charge in [-0.15, -0.1) is 0 Å². The van der Waals surface area contributed by atoms with Crippen LogP contribution < -0.4 is 0 Å². The third kappa shape index (κ3) is 3.52. The summed E-state index contributed by atoms with van der Waals surface area (Å²) in [6.45, 7) is 5.60. The van der Waals surface area contributed by atoms with Crippen LogP contribution in [0.1, 0.15) is 27.0 Å². The summed E-state index contributed by atoms with van der Waals surface area (Å²) in [5.74, 6) is 0.494. The third-order valence-electron chi connectivity index (χ3n) is 6.00. The number of nitrogens with zero attached hydrogens (tertiary/aromatic N) is 1. The summed E-state index contributed by atoms with van der Waals surface area (Å²) in [6, 6.07) is 16.5. The molecular weight excluding hydrogens is 338 g/mol. The van der Waals surface area contributed by atoms with Gasteiger partial charge in [0.05, 0.1) is 19.8 Å². The lowest BCUT2D eigenvalue weighted by Crippen LogP contribution is -2.37. The number of carbonyl (C=O) groups is 1. The number of hydrogen-bond donors (Lipinski definition) is 0. The van der Waals surface area contributed by atoms with Crippen LogP contribution in [0.2, 0.25) is 0 Å². The molecule has 0 unspecified atom stereocenters. The summed E-state index contributed by atoms with van der Waals surface area (Å²) < 4.78 is 11.2. The molecule has 0 N–H and O–H groups in total. The van der Waals surface area contributed by atoms with Crippen molar-refractivity contribution in [2.24, 2.45) is 11.3 Å². The van der Waals surface area contributed by atoms with Crippen molar-refractivity contribution >= 4 is 5.91 Å². The van der Waals surface area contributed by atoms with Crippen LogP contribution in [0.3, 0.4) is 0 Å². The quantitative estimate of drug-likeness (QED) is 0.816. The van der Waals surface area contributed by atoms with Crippen molar-refractivity contribution in [1.82, 2.24) is 4.90 Å². The zero-order valence-corrected chi connectivity index (χ0v) is 16.1. The largest absolute Gasteiger partial charge is 0.384 e. The summed E-state index contributed by atoms with van der Waals surface area (Å²) in [7, 11) is 1.73. The van der Waals surface area contributed by atoms with E-state index in [0.29, 0.717) is 25.7 Å². The normalized spacial score (nSPS) is 24.2. The van der Waals surface area contributed by atoms with Crippen molar-refractivity contribution in [2.75, 3.05) is 40.0 Å². The molecule has 2 fully saturated rings. The Morgan fingerprint density at radius 3 is 2.78 bits per heavy atom. The Morgan fingerprint density at radius 1 is 1.22 bits per heavy atom. The highest BCUT2D eigenvalue weighted by molar-refractivity contribution is 5.96. The van der Waals surface area contributed by atoms with Gasteiger partial charge < -0.3 is 14.4 Å². The van der Waals surface area contributed by atoms with E-state index in [9.17, 15) is 4.79 Å². The number of hydrogen-bond acceptors (Lipinski definition) is 3. The number of ether oxygens (including phenoxy) is 2. The second-order valence-corrected chi connectivity index (χ2v) is 8.01. The fraction of sp³-hybridized carbons (Fsp3) is 0.435. The van der Waals surface area contributed by atoms with Gasteiger partial charge in [-0.05, 0) is 30.5 Å². The van der Waals surface area contributed by atoms with Crippen LogP contribution >= 0.6 is 0 Å². The summed E-state index contributed by atoms with van der Waals surface area (Å²) in [4.78, 5) is 15.3. The lowest BCUT2D eigenvalue weighted by atomic mass is 9.82. The molecule has 4 rings (SSSR count). The smallest absolute Gasteiger partial charge is 0.254 e. The molecule has 0 bridgehead atoms. The molecule has 0 saturated carbocycles. The van der Waals surface area contributed by atoms with Crippen LogP contribution in [0, 0.1) is 18.3 Å². The second kappa shape index (κ2) is 7.45. The van der Waals surface area contributed by atoms with Gasteiger partial charge in [0.1, 0.15) is 0 Å². The van der Waals surface area contributed by atoms with Crippen molar-refractivity contribution in [3.05, 3.63) is 70.8 Å². The maximum Gasteiger partial charge on any atom is 0.254 e. The number of rotatable bonds is 5. The minimum Gasteiger partial charge on any atom is -0.384 e. The number of methoxy groups -OCH3 is 1. The van der Waals surface area contributed by atoms with Crippen LogP contribution in [0.5, 0.6) is 0 Å². The second-order valence-electron chi connectivity index (χ2n) is 8.01. The summed E-state index contributed by atoms with van der Waals surface area (Å²) in [5, 5.41) is 0. The summed E-state index contributed by atoms with van der Waals surface area (Å²) >= 11 is 0. The molecular formula is C23H27NO3. The molecule has 0 spiro atoms. The molecule has 2 saturated heterocycles. The van der Waals surface area contributed by atoms with E-state index in [1.807, 2.05) is 23.1 Å². The standard InChI is InChI=1S/C23H27NO3/c1-17-7-9-18(10-8-17)11-19-5-3-4-6-21(19)22(25)24-12-20-13-27-16-23(20,14-24)15-26-2/h3-10,20H,11-16H2,1-2H3/t20-,23-/m0/s1. The Labute approximate surface area is 161 Å². The van der Waals surface area contributed by atoms with Crippen molar-refractivity contribution in [2.45, 2.75) is 13.3 Å². The van der Waals surface area contributed by atoms with Crippen LogP contribution in [0.25, 0.3) is 0 Å². The zero-order valence-electron chi connectivity index (χ0n) is 16.1. The van der Waals surface area contributed by atoms with E-state index < -0.39 is 0 Å². The van der Waals surface area contributed by atoms with Gasteiger partial charge in [0.2, 0.25) is 0 Å². The average Bonchev–Trinajstić information content (AvgIpc) is 3.21. The monoisotopic (exact) mass is 365 g/mol. The highest BCUT2D eigenvalue weighted by Crippen LogP contribution is 2.42. The minimum absolute atomic E-state index is 0.0453.